The molecule has 0 aliphatic rings. The van der Waals surface area contributed by atoms with Crippen molar-refractivity contribution in [3.8, 4) is 11.8 Å². The topological polar surface area (TPSA) is 87.4 Å². The molecule has 15 heavy (non-hydrogen) atoms. The van der Waals surface area contributed by atoms with Gasteiger partial charge in [0.2, 0.25) is 0 Å². The molecule has 1 aromatic rings. The summed E-state index contributed by atoms with van der Waals surface area (Å²) in [6.07, 6.45) is 0.435. The Morgan fingerprint density at radius 1 is 1.60 bits per heavy atom. The fraction of sp³-hybridized carbons (Fsp3) is 0.100. The summed E-state index contributed by atoms with van der Waals surface area (Å²) in [7, 11) is 1.15. The molecule has 0 aliphatic heterocycles. The lowest BCUT2D eigenvalue weighted by molar-refractivity contribution is 0.0597. The van der Waals surface area contributed by atoms with E-state index < -0.39 is 5.97 Å². The first-order chi connectivity index (χ1) is 7.13. The zero-order chi connectivity index (χ0) is 11.4. The van der Waals surface area contributed by atoms with Gasteiger partial charge >= 0.3 is 5.97 Å². The van der Waals surface area contributed by atoms with Crippen LogP contribution in [0, 0.1) is 11.3 Å². The summed E-state index contributed by atoms with van der Waals surface area (Å²) in [5.41, 5.74) is -0.0931. The lowest BCUT2D eigenvalue weighted by atomic mass is 10.0. The van der Waals surface area contributed by atoms with Gasteiger partial charge in [-0.1, -0.05) is 0 Å². The first kappa shape index (κ1) is 10.7. The van der Waals surface area contributed by atoms with Crippen LogP contribution in [0.5, 0.6) is 5.75 Å². The lowest BCUT2D eigenvalue weighted by Gasteiger charge is -2.04. The van der Waals surface area contributed by atoms with Gasteiger partial charge in [-0.2, -0.15) is 5.26 Å². The average molecular weight is 205 g/mol. The SMILES string of the molecule is COC(=O)c1cc(C=O)c(C#N)cc1O. The van der Waals surface area contributed by atoms with Crippen LogP contribution < -0.4 is 0 Å². The normalized spacial score (nSPS) is 9.07. The van der Waals surface area contributed by atoms with Gasteiger partial charge < -0.3 is 9.84 Å². The van der Waals surface area contributed by atoms with Gasteiger partial charge in [0.25, 0.3) is 0 Å². The van der Waals surface area contributed by atoms with Gasteiger partial charge in [0.1, 0.15) is 17.4 Å². The van der Waals surface area contributed by atoms with Gasteiger partial charge in [0.15, 0.2) is 6.29 Å². The van der Waals surface area contributed by atoms with Crippen molar-refractivity contribution in [3.05, 3.63) is 28.8 Å². The molecule has 0 saturated heterocycles. The molecule has 0 aliphatic carbocycles. The number of benzene rings is 1. The zero-order valence-corrected chi connectivity index (χ0v) is 7.85. The number of methoxy groups -OCH3 is 1. The third-order valence-electron chi connectivity index (χ3n) is 1.82. The molecule has 76 valence electrons. The fourth-order valence-electron chi connectivity index (χ4n) is 1.07. The largest absolute Gasteiger partial charge is 0.507 e. The van der Waals surface area contributed by atoms with E-state index in [1.165, 1.54) is 0 Å². The van der Waals surface area contributed by atoms with E-state index in [9.17, 15) is 14.7 Å². The second-order valence-corrected chi connectivity index (χ2v) is 2.68. The standard InChI is InChI=1S/C10H7NO4/c1-15-10(14)8-2-7(5-12)6(4-11)3-9(8)13/h2-3,5,13H,1H3. The molecule has 1 aromatic carbocycles. The molecule has 0 atom stereocenters. The van der Waals surface area contributed by atoms with Crippen LogP contribution in [0.25, 0.3) is 0 Å². The van der Waals surface area contributed by atoms with E-state index in [0.29, 0.717) is 6.29 Å². The second kappa shape index (κ2) is 4.24. The molecule has 0 saturated carbocycles. The molecular weight excluding hydrogens is 198 g/mol. The highest BCUT2D eigenvalue weighted by atomic mass is 16.5. The number of nitriles is 1. The predicted octanol–water partition coefficient (Wildman–Crippen LogP) is 0.863. The molecule has 0 radical (unpaired) electrons. The first-order valence-corrected chi connectivity index (χ1v) is 3.94. The molecule has 0 unspecified atom stereocenters. The van der Waals surface area contributed by atoms with Crippen LogP contribution in [0.1, 0.15) is 26.3 Å². The predicted molar refractivity (Wildman–Crippen MR) is 49.5 cm³/mol. The number of phenolic OH excluding ortho intramolecular Hbond substituents is 1. The van der Waals surface area contributed by atoms with Gasteiger partial charge in [-0.15, -0.1) is 0 Å². The van der Waals surface area contributed by atoms with Crippen molar-refractivity contribution in [2.24, 2.45) is 0 Å². The molecule has 0 amide bonds. The van der Waals surface area contributed by atoms with Crippen LogP contribution >= 0.6 is 0 Å². The molecule has 0 fully saturated rings. The highest BCUT2D eigenvalue weighted by Gasteiger charge is 2.15. The number of aldehydes is 1. The number of rotatable bonds is 2. The summed E-state index contributed by atoms with van der Waals surface area (Å²) in [6.45, 7) is 0. The van der Waals surface area contributed by atoms with E-state index in [1.54, 1.807) is 6.07 Å². The maximum absolute atomic E-state index is 11.1. The lowest BCUT2D eigenvalue weighted by Crippen LogP contribution is -2.03. The molecule has 1 rings (SSSR count). The molecular formula is C10H7NO4. The highest BCUT2D eigenvalue weighted by Crippen LogP contribution is 2.22. The monoisotopic (exact) mass is 205 g/mol. The Morgan fingerprint density at radius 2 is 2.27 bits per heavy atom. The maximum Gasteiger partial charge on any atom is 0.341 e. The minimum Gasteiger partial charge on any atom is -0.507 e. The number of carbonyl (C=O) groups is 2. The second-order valence-electron chi connectivity index (χ2n) is 2.68. The van der Waals surface area contributed by atoms with Gasteiger partial charge in [0, 0.05) is 5.56 Å². The molecule has 1 N–H and O–H groups in total. The van der Waals surface area contributed by atoms with E-state index in [4.69, 9.17) is 5.26 Å². The van der Waals surface area contributed by atoms with Crippen molar-refractivity contribution < 1.29 is 19.4 Å². The van der Waals surface area contributed by atoms with E-state index in [2.05, 4.69) is 4.74 Å². The average Bonchev–Trinajstić information content (AvgIpc) is 2.27. The minimum absolute atomic E-state index is 0.00940. The quantitative estimate of drug-likeness (QED) is 0.571. The van der Waals surface area contributed by atoms with Crippen LogP contribution in [0.3, 0.4) is 0 Å². The zero-order valence-electron chi connectivity index (χ0n) is 7.85. The highest BCUT2D eigenvalue weighted by molar-refractivity contribution is 5.95. The van der Waals surface area contributed by atoms with E-state index in [-0.39, 0.29) is 22.4 Å². The first-order valence-electron chi connectivity index (χ1n) is 3.94. The van der Waals surface area contributed by atoms with Crippen LogP contribution in [0.15, 0.2) is 12.1 Å². The van der Waals surface area contributed by atoms with Crippen molar-refractivity contribution in [1.29, 1.82) is 5.26 Å². The Balaban J connectivity index is 3.40. The van der Waals surface area contributed by atoms with Crippen LogP contribution in [-0.2, 0) is 4.74 Å². The van der Waals surface area contributed by atoms with E-state index in [0.717, 1.165) is 19.2 Å². The van der Waals surface area contributed by atoms with Gasteiger partial charge in [-0.3, -0.25) is 4.79 Å². The maximum atomic E-state index is 11.1. The number of nitrogens with zero attached hydrogens (tertiary/aromatic N) is 1. The molecule has 0 bridgehead atoms. The van der Waals surface area contributed by atoms with Crippen LogP contribution in [-0.4, -0.2) is 24.5 Å². The number of aromatic hydroxyl groups is 1. The number of phenols is 1. The van der Waals surface area contributed by atoms with Gasteiger partial charge in [-0.05, 0) is 12.1 Å². The summed E-state index contributed by atoms with van der Waals surface area (Å²) < 4.78 is 4.39. The summed E-state index contributed by atoms with van der Waals surface area (Å²) in [6, 6.07) is 3.90. The summed E-state index contributed by atoms with van der Waals surface area (Å²) in [5.74, 6) is -1.15. The summed E-state index contributed by atoms with van der Waals surface area (Å²) >= 11 is 0. The summed E-state index contributed by atoms with van der Waals surface area (Å²) in [5, 5.41) is 18.0. The van der Waals surface area contributed by atoms with Crippen molar-refractivity contribution in [2.45, 2.75) is 0 Å². The van der Waals surface area contributed by atoms with Crippen molar-refractivity contribution >= 4 is 12.3 Å². The molecule has 0 spiro atoms. The number of ether oxygens (including phenoxy) is 1. The number of hydrogen-bond acceptors (Lipinski definition) is 5. The Kier molecular flexibility index (Phi) is 3.03. The third kappa shape index (κ3) is 1.94. The Bertz CT molecular complexity index is 459. The number of esters is 1. The minimum atomic E-state index is -0.764. The Hall–Kier alpha value is -2.35. The van der Waals surface area contributed by atoms with Crippen LogP contribution in [0.4, 0.5) is 0 Å². The van der Waals surface area contributed by atoms with E-state index >= 15 is 0 Å². The third-order valence-corrected chi connectivity index (χ3v) is 1.82. The van der Waals surface area contributed by atoms with Crippen molar-refractivity contribution in [2.75, 3.05) is 7.11 Å². The van der Waals surface area contributed by atoms with E-state index in [1.807, 2.05) is 0 Å². The van der Waals surface area contributed by atoms with Gasteiger partial charge in [-0.25, -0.2) is 4.79 Å². The Labute approximate surface area is 85.5 Å². The Morgan fingerprint density at radius 3 is 2.73 bits per heavy atom. The molecule has 0 aromatic heterocycles. The number of hydrogen-bond donors (Lipinski definition) is 1. The molecule has 5 nitrogen and oxygen atoms in total. The smallest absolute Gasteiger partial charge is 0.341 e. The summed E-state index contributed by atoms with van der Waals surface area (Å²) in [4.78, 5) is 21.7. The molecule has 5 heteroatoms. The fourth-order valence-corrected chi connectivity index (χ4v) is 1.07. The van der Waals surface area contributed by atoms with Crippen molar-refractivity contribution in [1.82, 2.24) is 0 Å². The molecule has 0 heterocycles. The van der Waals surface area contributed by atoms with Gasteiger partial charge in [0.05, 0.1) is 12.7 Å². The van der Waals surface area contributed by atoms with Crippen LogP contribution in [0.2, 0.25) is 0 Å². The van der Waals surface area contributed by atoms with Crippen molar-refractivity contribution in [3.63, 3.8) is 0 Å². The number of carbonyl (C=O) groups excluding carboxylic acids is 2.